The highest BCUT2D eigenvalue weighted by Crippen LogP contribution is 2.25. The van der Waals surface area contributed by atoms with E-state index in [0.29, 0.717) is 0 Å². The Bertz CT molecular complexity index is 212. The first-order valence-corrected chi connectivity index (χ1v) is 3.92. The van der Waals surface area contributed by atoms with Crippen LogP contribution in [-0.2, 0) is 14.3 Å². The highest BCUT2D eigenvalue weighted by Gasteiger charge is 2.42. The maximum Gasteiger partial charge on any atom is 0.352 e. The molecule has 0 aliphatic heterocycles. The van der Waals surface area contributed by atoms with E-state index in [1.165, 1.54) is 6.08 Å². The van der Waals surface area contributed by atoms with Crippen molar-refractivity contribution >= 4 is 46.0 Å². The minimum atomic E-state index is -2.33. The average Bonchev–Trinajstić information content (AvgIpc) is 1.99. The molecule has 6 heteroatoms. The summed E-state index contributed by atoms with van der Waals surface area (Å²) in [4.78, 5) is 21.3. The maximum absolute atomic E-state index is 10.8. The third-order valence-corrected chi connectivity index (χ3v) is 1.96. The summed E-state index contributed by atoms with van der Waals surface area (Å²) in [6, 6.07) is 0. The Morgan fingerprint density at radius 1 is 1.50 bits per heavy atom. The predicted octanol–water partition coefficient (Wildman–Crippen LogP) is 1.65. The zero-order chi connectivity index (χ0) is 9.78. The van der Waals surface area contributed by atoms with Crippen molar-refractivity contribution in [2.45, 2.75) is 4.33 Å². The lowest BCUT2D eigenvalue weighted by Gasteiger charge is -2.11. The van der Waals surface area contributed by atoms with Crippen LogP contribution in [0.3, 0.4) is 0 Å². The van der Waals surface area contributed by atoms with Gasteiger partial charge in [-0.25, -0.2) is 4.79 Å². The number of carbonyl (C=O) groups excluding carboxylic acids is 2. The second-order valence-corrected chi connectivity index (χ2v) is 3.41. The molecule has 0 heterocycles. The van der Waals surface area contributed by atoms with Gasteiger partial charge in [0, 0.05) is 0 Å². The highest BCUT2D eigenvalue weighted by atomic mass is 35.5. The maximum atomic E-state index is 10.8. The third-order valence-electron chi connectivity index (χ3n) is 0.836. The van der Waals surface area contributed by atoms with Crippen LogP contribution in [0, 0.1) is 0 Å². The minimum absolute atomic E-state index is 0.0792. The van der Waals surface area contributed by atoms with E-state index in [4.69, 9.17) is 34.8 Å². The lowest BCUT2D eigenvalue weighted by atomic mass is 10.4. The van der Waals surface area contributed by atoms with Crippen molar-refractivity contribution in [3.05, 3.63) is 12.7 Å². The lowest BCUT2D eigenvalue weighted by molar-refractivity contribution is -0.144. The molecular formula is C6H5Cl3O3. The van der Waals surface area contributed by atoms with Gasteiger partial charge in [0.05, 0.1) is 0 Å². The van der Waals surface area contributed by atoms with Crippen LogP contribution < -0.4 is 0 Å². The zero-order valence-corrected chi connectivity index (χ0v) is 8.12. The van der Waals surface area contributed by atoms with Crippen molar-refractivity contribution in [3.63, 3.8) is 0 Å². The van der Waals surface area contributed by atoms with Crippen LogP contribution in [0.4, 0.5) is 0 Å². The van der Waals surface area contributed by atoms with E-state index in [1.807, 2.05) is 0 Å². The number of alkyl halides is 2. The average molecular weight is 231 g/mol. The minimum Gasteiger partial charge on any atom is -0.459 e. The number of rotatable bonds is 4. The van der Waals surface area contributed by atoms with Crippen LogP contribution >= 0.6 is 34.8 Å². The van der Waals surface area contributed by atoms with Gasteiger partial charge in [-0.05, 0) is 11.6 Å². The molecule has 0 aliphatic carbocycles. The Labute approximate surface area is 84.2 Å². The molecule has 0 aromatic heterocycles. The molecule has 0 amide bonds. The highest BCUT2D eigenvalue weighted by molar-refractivity contribution is 6.83. The van der Waals surface area contributed by atoms with Crippen molar-refractivity contribution in [3.8, 4) is 0 Å². The van der Waals surface area contributed by atoms with Gasteiger partial charge in [0.2, 0.25) is 0 Å². The zero-order valence-electron chi connectivity index (χ0n) is 5.85. The SMILES string of the molecule is C=CCOC(=O)C(Cl)(Cl)C(=O)Cl. The predicted molar refractivity (Wildman–Crippen MR) is 46.5 cm³/mol. The van der Waals surface area contributed by atoms with Crippen molar-refractivity contribution in [2.75, 3.05) is 6.61 Å². The first-order valence-electron chi connectivity index (χ1n) is 2.78. The normalized spacial score (nSPS) is 10.6. The molecule has 0 N–H and O–H groups in total. The number of hydrogen-bond acceptors (Lipinski definition) is 3. The van der Waals surface area contributed by atoms with E-state index < -0.39 is 15.5 Å². The van der Waals surface area contributed by atoms with Gasteiger partial charge in [0.1, 0.15) is 6.61 Å². The van der Waals surface area contributed by atoms with Gasteiger partial charge in [0.15, 0.2) is 0 Å². The molecular weight excluding hydrogens is 226 g/mol. The summed E-state index contributed by atoms with van der Waals surface area (Å²) in [5.41, 5.74) is 0. The molecule has 0 aromatic carbocycles. The van der Waals surface area contributed by atoms with E-state index in [9.17, 15) is 9.59 Å². The summed E-state index contributed by atoms with van der Waals surface area (Å²) in [5, 5.41) is -1.19. The molecule has 0 fully saturated rings. The van der Waals surface area contributed by atoms with Crippen LogP contribution in [0.15, 0.2) is 12.7 Å². The molecule has 0 saturated heterocycles. The standard InChI is InChI=1S/C6H5Cl3O3/c1-2-3-12-5(11)6(8,9)4(7)10/h2H,1,3H2. The van der Waals surface area contributed by atoms with Crippen LogP contribution in [0.5, 0.6) is 0 Å². The molecule has 0 saturated carbocycles. The van der Waals surface area contributed by atoms with Gasteiger partial charge in [-0.1, -0.05) is 35.9 Å². The fourth-order valence-corrected chi connectivity index (χ4v) is 0.492. The topological polar surface area (TPSA) is 43.4 Å². The van der Waals surface area contributed by atoms with E-state index in [-0.39, 0.29) is 6.61 Å². The van der Waals surface area contributed by atoms with Crippen LogP contribution in [0.25, 0.3) is 0 Å². The number of hydrogen-bond donors (Lipinski definition) is 0. The number of ether oxygens (including phenoxy) is 1. The first-order chi connectivity index (χ1) is 5.42. The number of carbonyl (C=O) groups is 2. The number of esters is 1. The second-order valence-electron chi connectivity index (χ2n) is 1.74. The van der Waals surface area contributed by atoms with E-state index in [0.717, 1.165) is 0 Å². The van der Waals surface area contributed by atoms with Gasteiger partial charge in [0.25, 0.3) is 9.58 Å². The molecule has 0 aromatic rings. The molecule has 68 valence electrons. The van der Waals surface area contributed by atoms with Crippen molar-refractivity contribution < 1.29 is 14.3 Å². The van der Waals surface area contributed by atoms with Crippen LogP contribution in [0.2, 0.25) is 0 Å². The molecule has 0 spiro atoms. The number of halogens is 3. The summed E-state index contributed by atoms with van der Waals surface area (Å²) in [5.74, 6) is -1.11. The Morgan fingerprint density at radius 3 is 2.33 bits per heavy atom. The second kappa shape index (κ2) is 4.70. The fourth-order valence-electron chi connectivity index (χ4n) is 0.305. The molecule has 0 rings (SSSR count). The summed E-state index contributed by atoms with van der Waals surface area (Å²) < 4.78 is 2.06. The molecule has 0 atom stereocenters. The van der Waals surface area contributed by atoms with Crippen LogP contribution in [-0.4, -0.2) is 22.2 Å². The first kappa shape index (κ1) is 11.8. The summed E-state index contributed by atoms with van der Waals surface area (Å²) in [6.07, 6.45) is 1.31. The summed E-state index contributed by atoms with van der Waals surface area (Å²) in [6.45, 7) is 3.20. The lowest BCUT2D eigenvalue weighted by Crippen LogP contribution is -2.34. The quantitative estimate of drug-likeness (QED) is 0.243. The molecule has 0 radical (unpaired) electrons. The van der Waals surface area contributed by atoms with Crippen molar-refractivity contribution in [1.82, 2.24) is 0 Å². The monoisotopic (exact) mass is 230 g/mol. The van der Waals surface area contributed by atoms with Crippen LogP contribution in [0.1, 0.15) is 0 Å². The van der Waals surface area contributed by atoms with Gasteiger partial charge < -0.3 is 4.74 Å². The smallest absolute Gasteiger partial charge is 0.352 e. The van der Waals surface area contributed by atoms with E-state index in [1.54, 1.807) is 0 Å². The van der Waals surface area contributed by atoms with Crippen molar-refractivity contribution in [1.29, 1.82) is 0 Å². The third kappa shape index (κ3) is 3.01. The molecule has 0 aliphatic rings. The van der Waals surface area contributed by atoms with Gasteiger partial charge in [-0.3, -0.25) is 4.79 Å². The van der Waals surface area contributed by atoms with E-state index in [2.05, 4.69) is 11.3 Å². The Kier molecular flexibility index (Phi) is 4.60. The fraction of sp³-hybridized carbons (Fsp3) is 0.333. The Balaban J connectivity index is 4.25. The summed E-state index contributed by atoms with van der Waals surface area (Å²) in [7, 11) is 0. The summed E-state index contributed by atoms with van der Waals surface area (Å²) >= 11 is 15.4. The van der Waals surface area contributed by atoms with Gasteiger partial charge >= 0.3 is 5.97 Å². The van der Waals surface area contributed by atoms with Gasteiger partial charge in [-0.15, -0.1) is 0 Å². The molecule has 3 nitrogen and oxygen atoms in total. The molecule has 0 unspecified atom stereocenters. The molecule has 0 bridgehead atoms. The molecule has 12 heavy (non-hydrogen) atoms. The van der Waals surface area contributed by atoms with Crippen molar-refractivity contribution in [2.24, 2.45) is 0 Å². The Hall–Kier alpha value is -0.250. The van der Waals surface area contributed by atoms with Gasteiger partial charge in [-0.2, -0.15) is 0 Å². The largest absolute Gasteiger partial charge is 0.459 e. The van der Waals surface area contributed by atoms with E-state index >= 15 is 0 Å². The Morgan fingerprint density at radius 2 is 2.00 bits per heavy atom.